The van der Waals surface area contributed by atoms with E-state index in [2.05, 4.69) is 5.32 Å². The van der Waals surface area contributed by atoms with Gasteiger partial charge in [-0.3, -0.25) is 14.4 Å². The highest BCUT2D eigenvalue weighted by Gasteiger charge is 2.49. The summed E-state index contributed by atoms with van der Waals surface area (Å²) in [6, 6.07) is 2.41. The molecule has 4 rings (SSSR count). The van der Waals surface area contributed by atoms with E-state index in [1.165, 1.54) is 17.5 Å². The molecule has 0 aromatic carbocycles. The van der Waals surface area contributed by atoms with Crippen LogP contribution < -0.4 is 16.8 Å². The summed E-state index contributed by atoms with van der Waals surface area (Å²) in [5.41, 5.74) is 12.9. The second kappa shape index (κ2) is 10.1. The standard InChI is InChI=1S/C24H32N4O4S/c1-14(26)16(9-11-25)19-7-8-20(33-19)23(30)27-21(15-5-3-2-4-6-15)24(31)28-12-10-18-22(28)17(29)13-32-18/h7-9,11,15,18,21-22H,2-6,10,12-13,25-26H2,1H3,(H,27,30)/b11-9-,16-14+/t18-,21?,22-/m1/s1. The van der Waals surface area contributed by atoms with Crippen LogP contribution in [0.2, 0.25) is 0 Å². The fourth-order valence-corrected chi connectivity index (χ4v) is 6.19. The number of nitrogens with one attached hydrogen (secondary N) is 1. The van der Waals surface area contributed by atoms with Crippen LogP contribution in [0.15, 0.2) is 30.1 Å². The molecule has 0 bridgehead atoms. The zero-order valence-electron chi connectivity index (χ0n) is 18.9. The molecule has 2 aliphatic heterocycles. The summed E-state index contributed by atoms with van der Waals surface area (Å²) in [6.07, 6.45) is 8.56. The third kappa shape index (κ3) is 4.84. The number of nitrogens with two attached hydrogens (primary N) is 2. The molecule has 1 aromatic rings. The first-order valence-electron chi connectivity index (χ1n) is 11.6. The van der Waals surface area contributed by atoms with Crippen molar-refractivity contribution < 1.29 is 19.1 Å². The number of ketones is 1. The number of hydrogen-bond donors (Lipinski definition) is 3. The summed E-state index contributed by atoms with van der Waals surface area (Å²) >= 11 is 1.31. The van der Waals surface area contributed by atoms with Crippen molar-refractivity contribution in [1.29, 1.82) is 0 Å². The van der Waals surface area contributed by atoms with Crippen LogP contribution in [-0.2, 0) is 14.3 Å². The van der Waals surface area contributed by atoms with E-state index < -0.39 is 12.1 Å². The molecule has 3 fully saturated rings. The van der Waals surface area contributed by atoms with Gasteiger partial charge < -0.3 is 26.4 Å². The summed E-state index contributed by atoms with van der Waals surface area (Å²) < 4.78 is 5.55. The van der Waals surface area contributed by atoms with Crippen molar-refractivity contribution in [2.24, 2.45) is 17.4 Å². The Kier molecular flexibility index (Phi) is 7.19. The van der Waals surface area contributed by atoms with Gasteiger partial charge in [0.2, 0.25) is 5.91 Å². The molecule has 5 N–H and O–H groups in total. The lowest BCUT2D eigenvalue weighted by Gasteiger charge is -2.34. The maximum Gasteiger partial charge on any atom is 0.262 e. The average molecular weight is 473 g/mol. The zero-order chi connectivity index (χ0) is 23.5. The summed E-state index contributed by atoms with van der Waals surface area (Å²) in [7, 11) is 0. The number of fused-ring (bicyclic) bond motifs is 1. The van der Waals surface area contributed by atoms with E-state index >= 15 is 0 Å². The van der Waals surface area contributed by atoms with Gasteiger partial charge in [-0.1, -0.05) is 19.3 Å². The molecule has 3 heterocycles. The van der Waals surface area contributed by atoms with E-state index in [4.69, 9.17) is 16.2 Å². The number of allylic oxidation sites excluding steroid dienone is 3. The minimum Gasteiger partial charge on any atom is -0.405 e. The quantitative estimate of drug-likeness (QED) is 0.545. The van der Waals surface area contributed by atoms with Crippen LogP contribution in [0.4, 0.5) is 0 Å². The largest absolute Gasteiger partial charge is 0.405 e. The lowest BCUT2D eigenvalue weighted by Crippen LogP contribution is -2.55. The predicted molar refractivity (Wildman–Crippen MR) is 127 cm³/mol. The van der Waals surface area contributed by atoms with E-state index in [9.17, 15) is 14.4 Å². The summed E-state index contributed by atoms with van der Waals surface area (Å²) in [6.45, 7) is 2.33. The molecule has 3 atom stereocenters. The summed E-state index contributed by atoms with van der Waals surface area (Å²) in [5, 5.41) is 3.03. The molecule has 178 valence electrons. The van der Waals surface area contributed by atoms with E-state index in [-0.39, 0.29) is 36.2 Å². The van der Waals surface area contributed by atoms with Crippen molar-refractivity contribution in [1.82, 2.24) is 10.2 Å². The van der Waals surface area contributed by atoms with Gasteiger partial charge in [0.25, 0.3) is 5.91 Å². The minimum absolute atomic E-state index is 0.0492. The van der Waals surface area contributed by atoms with E-state index in [1.807, 2.05) is 6.07 Å². The maximum absolute atomic E-state index is 13.6. The van der Waals surface area contributed by atoms with Crippen molar-refractivity contribution in [2.75, 3.05) is 13.2 Å². The monoisotopic (exact) mass is 472 g/mol. The Morgan fingerprint density at radius 2 is 1.94 bits per heavy atom. The number of nitrogens with zero attached hydrogens (tertiary/aromatic N) is 1. The van der Waals surface area contributed by atoms with Gasteiger partial charge in [0.05, 0.1) is 11.0 Å². The van der Waals surface area contributed by atoms with E-state index in [1.54, 1.807) is 24.0 Å². The number of thiophene rings is 1. The lowest BCUT2D eigenvalue weighted by molar-refractivity contribution is -0.139. The van der Waals surface area contributed by atoms with Gasteiger partial charge in [-0.2, -0.15) is 0 Å². The Balaban J connectivity index is 1.55. The first-order valence-corrected chi connectivity index (χ1v) is 12.4. The molecule has 1 saturated carbocycles. The SMILES string of the molecule is C/C(N)=C(/C=C\N)c1ccc(C(=O)NC(C(=O)N2CC[C@H]3OCC(=O)[C@H]32)C2CCCCC2)s1. The summed E-state index contributed by atoms with van der Waals surface area (Å²) in [5.74, 6) is -0.437. The number of Topliss-reactive ketones (excluding diaryl/α,β-unsaturated/α-hetero) is 1. The van der Waals surface area contributed by atoms with Crippen LogP contribution in [0.5, 0.6) is 0 Å². The molecule has 3 aliphatic rings. The van der Waals surface area contributed by atoms with Crippen molar-refractivity contribution in [3.63, 3.8) is 0 Å². The molecule has 0 radical (unpaired) electrons. The number of carbonyl (C=O) groups excluding carboxylic acids is 3. The number of hydrogen-bond acceptors (Lipinski definition) is 7. The molecular weight excluding hydrogens is 440 g/mol. The van der Waals surface area contributed by atoms with Gasteiger partial charge >= 0.3 is 0 Å². The van der Waals surface area contributed by atoms with Crippen LogP contribution in [-0.4, -0.2) is 53.8 Å². The second-order valence-electron chi connectivity index (χ2n) is 9.05. The number of likely N-dealkylation sites (tertiary alicyclic amines) is 1. The average Bonchev–Trinajstić information content (AvgIpc) is 3.54. The Morgan fingerprint density at radius 3 is 2.64 bits per heavy atom. The van der Waals surface area contributed by atoms with Crippen LogP contribution in [0.1, 0.15) is 60.0 Å². The molecule has 33 heavy (non-hydrogen) atoms. The smallest absolute Gasteiger partial charge is 0.262 e. The molecule has 0 spiro atoms. The van der Waals surface area contributed by atoms with Gasteiger partial charge in [-0.05, 0) is 56.5 Å². The molecule has 1 aromatic heterocycles. The number of rotatable bonds is 6. The van der Waals surface area contributed by atoms with E-state index in [0.717, 1.165) is 42.6 Å². The molecule has 2 amide bonds. The fraction of sp³-hybridized carbons (Fsp3) is 0.542. The molecule has 9 heteroatoms. The van der Waals surface area contributed by atoms with Crippen LogP contribution >= 0.6 is 11.3 Å². The molecule has 1 unspecified atom stereocenters. The van der Waals surface area contributed by atoms with Crippen molar-refractivity contribution >= 4 is 34.5 Å². The topological polar surface area (TPSA) is 128 Å². The Hall–Kier alpha value is -2.65. The first kappa shape index (κ1) is 23.5. The highest BCUT2D eigenvalue weighted by Crippen LogP contribution is 2.32. The van der Waals surface area contributed by atoms with Gasteiger partial charge in [0.15, 0.2) is 5.78 Å². The highest BCUT2D eigenvalue weighted by atomic mass is 32.1. The Bertz CT molecular complexity index is 975. The van der Waals surface area contributed by atoms with Crippen LogP contribution in [0.3, 0.4) is 0 Å². The Morgan fingerprint density at radius 1 is 1.21 bits per heavy atom. The molecule has 8 nitrogen and oxygen atoms in total. The molecular formula is C24H32N4O4S. The van der Waals surface area contributed by atoms with Gasteiger partial charge in [-0.25, -0.2) is 0 Å². The Labute approximate surface area is 198 Å². The van der Waals surface area contributed by atoms with Gasteiger partial charge in [0, 0.05) is 22.7 Å². The third-order valence-electron chi connectivity index (χ3n) is 6.85. The van der Waals surface area contributed by atoms with Crippen molar-refractivity contribution in [3.05, 3.63) is 39.9 Å². The highest BCUT2D eigenvalue weighted by molar-refractivity contribution is 7.15. The van der Waals surface area contributed by atoms with Crippen molar-refractivity contribution in [2.45, 2.75) is 63.6 Å². The number of carbonyl (C=O) groups is 3. The van der Waals surface area contributed by atoms with Crippen LogP contribution in [0, 0.1) is 5.92 Å². The van der Waals surface area contributed by atoms with Crippen LogP contribution in [0.25, 0.3) is 5.57 Å². The number of ether oxygens (including phenoxy) is 1. The fourth-order valence-electron chi connectivity index (χ4n) is 5.19. The normalized spacial score (nSPS) is 25.2. The molecule has 2 saturated heterocycles. The van der Waals surface area contributed by atoms with Gasteiger partial charge in [-0.15, -0.1) is 11.3 Å². The molecule has 1 aliphatic carbocycles. The maximum atomic E-state index is 13.6. The van der Waals surface area contributed by atoms with Gasteiger partial charge in [0.1, 0.15) is 18.7 Å². The first-order chi connectivity index (χ1) is 15.9. The third-order valence-corrected chi connectivity index (χ3v) is 7.97. The van der Waals surface area contributed by atoms with Crippen molar-refractivity contribution in [3.8, 4) is 0 Å². The second-order valence-corrected chi connectivity index (χ2v) is 10.1. The summed E-state index contributed by atoms with van der Waals surface area (Å²) in [4.78, 5) is 42.2. The number of amides is 2. The minimum atomic E-state index is -0.648. The predicted octanol–water partition coefficient (Wildman–Crippen LogP) is 2.16. The zero-order valence-corrected chi connectivity index (χ0v) is 19.7. The van der Waals surface area contributed by atoms with E-state index in [0.29, 0.717) is 23.5 Å². The lowest BCUT2D eigenvalue weighted by atomic mass is 9.83.